The second-order valence-corrected chi connectivity index (χ2v) is 4.25. The zero-order valence-corrected chi connectivity index (χ0v) is 9.71. The van der Waals surface area contributed by atoms with Crippen LogP contribution in [0, 0.1) is 0 Å². The maximum Gasteiger partial charge on any atom is 0.337 e. The van der Waals surface area contributed by atoms with E-state index in [0.717, 1.165) is 4.47 Å². The first-order valence-electron chi connectivity index (χ1n) is 4.06. The second kappa shape index (κ2) is 3.79. The number of fused-ring (bicyclic) bond motifs is 1. The fraction of sp³-hybridized carbons (Fsp3) is 0. The van der Waals surface area contributed by atoms with Gasteiger partial charge in [-0.05, 0) is 34.1 Å². The van der Waals surface area contributed by atoms with Crippen molar-refractivity contribution in [3.63, 3.8) is 0 Å². The van der Waals surface area contributed by atoms with Crippen molar-refractivity contribution in [1.82, 2.24) is 4.98 Å². The van der Waals surface area contributed by atoms with E-state index in [-0.39, 0.29) is 5.56 Å². The molecule has 0 atom stereocenters. The van der Waals surface area contributed by atoms with Crippen molar-refractivity contribution < 1.29 is 9.90 Å². The molecule has 15 heavy (non-hydrogen) atoms. The monoisotopic (exact) mass is 285 g/mol. The predicted molar refractivity (Wildman–Crippen MR) is 61.4 cm³/mol. The molecule has 0 saturated heterocycles. The molecule has 2 aromatic rings. The molecule has 0 aliphatic heterocycles. The molecule has 0 aliphatic carbocycles. The van der Waals surface area contributed by atoms with Gasteiger partial charge in [0.15, 0.2) is 0 Å². The van der Waals surface area contributed by atoms with Crippen LogP contribution in [0.4, 0.5) is 0 Å². The van der Waals surface area contributed by atoms with E-state index in [2.05, 4.69) is 20.9 Å². The van der Waals surface area contributed by atoms with Crippen LogP contribution in [0.1, 0.15) is 10.4 Å². The summed E-state index contributed by atoms with van der Waals surface area (Å²) in [7, 11) is 0. The van der Waals surface area contributed by atoms with Gasteiger partial charge in [0, 0.05) is 16.1 Å². The van der Waals surface area contributed by atoms with Crippen molar-refractivity contribution in [2.45, 2.75) is 0 Å². The average molecular weight is 287 g/mol. The Bertz CT molecular complexity index is 556. The molecule has 1 aromatic heterocycles. The van der Waals surface area contributed by atoms with E-state index in [1.165, 1.54) is 6.20 Å². The van der Waals surface area contributed by atoms with Crippen LogP contribution in [-0.2, 0) is 0 Å². The lowest BCUT2D eigenvalue weighted by atomic mass is 10.1. The summed E-state index contributed by atoms with van der Waals surface area (Å²) in [4.78, 5) is 14.7. The van der Waals surface area contributed by atoms with Gasteiger partial charge in [-0.1, -0.05) is 11.6 Å². The molecule has 2 rings (SSSR count). The van der Waals surface area contributed by atoms with Gasteiger partial charge in [0.25, 0.3) is 0 Å². The van der Waals surface area contributed by atoms with Gasteiger partial charge in [-0.15, -0.1) is 0 Å². The highest BCUT2D eigenvalue weighted by Crippen LogP contribution is 2.27. The molecule has 1 aromatic carbocycles. The van der Waals surface area contributed by atoms with Crippen molar-refractivity contribution in [2.75, 3.05) is 0 Å². The summed E-state index contributed by atoms with van der Waals surface area (Å²) in [6, 6.07) is 4.98. The van der Waals surface area contributed by atoms with E-state index >= 15 is 0 Å². The number of rotatable bonds is 1. The van der Waals surface area contributed by atoms with Crippen molar-refractivity contribution in [3.05, 3.63) is 39.5 Å². The largest absolute Gasteiger partial charge is 0.478 e. The summed E-state index contributed by atoms with van der Waals surface area (Å²) in [5.41, 5.74) is 0.858. The zero-order chi connectivity index (χ0) is 11.0. The predicted octanol–water partition coefficient (Wildman–Crippen LogP) is 3.35. The smallest absolute Gasteiger partial charge is 0.337 e. The molecule has 0 unspecified atom stereocenters. The molecule has 0 radical (unpaired) electrons. The number of aromatic carboxylic acids is 1. The normalized spacial score (nSPS) is 10.5. The topological polar surface area (TPSA) is 50.2 Å². The summed E-state index contributed by atoms with van der Waals surface area (Å²) < 4.78 is 0.743. The standard InChI is InChI=1S/C10H5BrClNO2/c11-7-3-9-5(2-8(7)12)1-6(4-13-9)10(14)15/h1-4H,(H,14,15). The van der Waals surface area contributed by atoms with Crippen LogP contribution >= 0.6 is 27.5 Å². The third-order valence-corrected chi connectivity index (χ3v) is 3.17. The SMILES string of the molecule is O=C(O)c1cnc2cc(Br)c(Cl)cc2c1. The molecule has 76 valence electrons. The fourth-order valence-corrected chi connectivity index (χ4v) is 1.74. The Labute approximate surface area is 98.8 Å². The minimum Gasteiger partial charge on any atom is -0.478 e. The van der Waals surface area contributed by atoms with Crippen LogP contribution in [0.2, 0.25) is 5.02 Å². The van der Waals surface area contributed by atoms with Crippen LogP contribution in [0.25, 0.3) is 10.9 Å². The van der Waals surface area contributed by atoms with Gasteiger partial charge < -0.3 is 5.11 Å². The number of carboxylic acid groups (broad SMARTS) is 1. The van der Waals surface area contributed by atoms with Gasteiger partial charge in [0.2, 0.25) is 0 Å². The summed E-state index contributed by atoms with van der Waals surface area (Å²) in [6.45, 7) is 0. The van der Waals surface area contributed by atoms with Crippen molar-refractivity contribution in [2.24, 2.45) is 0 Å². The van der Waals surface area contributed by atoms with Crippen molar-refractivity contribution >= 4 is 44.4 Å². The molecule has 1 N–H and O–H groups in total. The number of benzene rings is 1. The molecule has 1 heterocycles. The van der Waals surface area contributed by atoms with Gasteiger partial charge in [0.1, 0.15) is 0 Å². The highest BCUT2D eigenvalue weighted by atomic mass is 79.9. The van der Waals surface area contributed by atoms with Gasteiger partial charge in [0.05, 0.1) is 16.1 Å². The Morgan fingerprint density at radius 2 is 2.13 bits per heavy atom. The maximum atomic E-state index is 10.7. The lowest BCUT2D eigenvalue weighted by Crippen LogP contribution is -1.96. The number of halogens is 2. The van der Waals surface area contributed by atoms with E-state index in [9.17, 15) is 4.79 Å². The van der Waals surface area contributed by atoms with Crippen LogP contribution < -0.4 is 0 Å². The van der Waals surface area contributed by atoms with E-state index in [4.69, 9.17) is 16.7 Å². The third kappa shape index (κ3) is 1.96. The Kier molecular flexibility index (Phi) is 2.63. The number of carbonyl (C=O) groups is 1. The van der Waals surface area contributed by atoms with E-state index in [1.54, 1.807) is 18.2 Å². The molecule has 5 heteroatoms. The highest BCUT2D eigenvalue weighted by molar-refractivity contribution is 9.10. The first-order valence-corrected chi connectivity index (χ1v) is 5.23. The quantitative estimate of drug-likeness (QED) is 0.874. The summed E-state index contributed by atoms with van der Waals surface area (Å²) in [6.07, 6.45) is 1.32. The van der Waals surface area contributed by atoms with Gasteiger partial charge in [-0.25, -0.2) is 4.79 Å². The van der Waals surface area contributed by atoms with E-state index in [0.29, 0.717) is 15.9 Å². The minimum absolute atomic E-state index is 0.154. The van der Waals surface area contributed by atoms with Crippen molar-refractivity contribution in [1.29, 1.82) is 0 Å². The Morgan fingerprint density at radius 3 is 2.80 bits per heavy atom. The maximum absolute atomic E-state index is 10.7. The first kappa shape index (κ1) is 10.4. The lowest BCUT2D eigenvalue weighted by molar-refractivity contribution is 0.0696. The number of hydrogen-bond acceptors (Lipinski definition) is 2. The molecule has 0 amide bonds. The van der Waals surface area contributed by atoms with Gasteiger partial charge in [-0.3, -0.25) is 4.98 Å². The summed E-state index contributed by atoms with van der Waals surface area (Å²) in [5, 5.41) is 10.0. The van der Waals surface area contributed by atoms with E-state index in [1.807, 2.05) is 0 Å². The Hall–Kier alpha value is -1.13. The second-order valence-electron chi connectivity index (χ2n) is 2.99. The third-order valence-electron chi connectivity index (χ3n) is 1.97. The molecular formula is C10H5BrClNO2. The van der Waals surface area contributed by atoms with E-state index < -0.39 is 5.97 Å². The number of carboxylic acids is 1. The fourth-order valence-electron chi connectivity index (χ4n) is 1.24. The molecule has 0 spiro atoms. The molecule has 0 bridgehead atoms. The van der Waals surface area contributed by atoms with Gasteiger partial charge in [-0.2, -0.15) is 0 Å². The lowest BCUT2D eigenvalue weighted by Gasteiger charge is -2.01. The van der Waals surface area contributed by atoms with Crippen molar-refractivity contribution in [3.8, 4) is 0 Å². The van der Waals surface area contributed by atoms with Crippen LogP contribution in [0.3, 0.4) is 0 Å². The van der Waals surface area contributed by atoms with Crippen LogP contribution in [-0.4, -0.2) is 16.1 Å². The van der Waals surface area contributed by atoms with Crippen LogP contribution in [0.5, 0.6) is 0 Å². The Morgan fingerprint density at radius 1 is 1.40 bits per heavy atom. The number of hydrogen-bond donors (Lipinski definition) is 1. The average Bonchev–Trinajstić information content (AvgIpc) is 2.19. The number of pyridine rings is 1. The van der Waals surface area contributed by atoms with Crippen LogP contribution in [0.15, 0.2) is 28.9 Å². The molecule has 0 saturated carbocycles. The summed E-state index contributed by atoms with van der Waals surface area (Å²) in [5.74, 6) is -0.997. The Balaban J connectivity index is 2.72. The molecule has 0 fully saturated rings. The molecule has 0 aliphatic rings. The zero-order valence-electron chi connectivity index (χ0n) is 7.37. The summed E-state index contributed by atoms with van der Waals surface area (Å²) >= 11 is 9.17. The number of nitrogens with zero attached hydrogens (tertiary/aromatic N) is 1. The minimum atomic E-state index is -0.997. The first-order chi connectivity index (χ1) is 7.08. The highest BCUT2D eigenvalue weighted by Gasteiger charge is 2.06. The molecular weight excluding hydrogens is 281 g/mol. The number of aromatic nitrogens is 1. The van der Waals surface area contributed by atoms with Gasteiger partial charge >= 0.3 is 5.97 Å². The molecule has 3 nitrogen and oxygen atoms in total.